The van der Waals surface area contributed by atoms with Crippen molar-refractivity contribution in [3.05, 3.63) is 59.2 Å². The Hall–Kier alpha value is -0.841. The first-order valence-electron chi connectivity index (χ1n) is 7.05. The van der Waals surface area contributed by atoms with Crippen molar-refractivity contribution in [1.29, 1.82) is 0 Å². The van der Waals surface area contributed by atoms with Crippen molar-refractivity contribution in [2.24, 2.45) is 0 Å². The number of benzene rings is 2. The first kappa shape index (κ1) is 20.2. The molecule has 0 N–H and O–H groups in total. The molecular weight excluding hydrogens is 517 g/mol. The molecule has 0 aromatic heterocycles. The Bertz CT molecular complexity index is 691. The summed E-state index contributed by atoms with van der Waals surface area (Å²) in [5.41, 5.74) is 4.15. The van der Waals surface area contributed by atoms with Crippen molar-refractivity contribution >= 4 is 60.9 Å². The van der Waals surface area contributed by atoms with Gasteiger partial charge in [0.15, 0.2) is 0 Å². The van der Waals surface area contributed by atoms with Crippen molar-refractivity contribution in [2.45, 2.75) is 27.7 Å². The van der Waals surface area contributed by atoms with Crippen LogP contribution >= 0.6 is 0 Å². The van der Waals surface area contributed by atoms with Crippen LogP contribution in [0, 0.1) is 20.8 Å². The fraction of sp³-hybridized carbons (Fsp3) is 0.222. The summed E-state index contributed by atoms with van der Waals surface area (Å²) < 4.78 is 6.44. The van der Waals surface area contributed by atoms with Crippen molar-refractivity contribution in [1.82, 2.24) is 0 Å². The van der Waals surface area contributed by atoms with E-state index in [0.29, 0.717) is 3.86 Å². The van der Waals surface area contributed by atoms with Crippen LogP contribution in [0.2, 0.25) is 0 Å². The Balaban J connectivity index is 0.00000264. The predicted molar refractivity (Wildman–Crippen MR) is 100 cm³/mol. The number of hydrogen-bond donors (Lipinski definition) is 0. The molecule has 2 rings (SSSR count). The van der Waals surface area contributed by atoms with Gasteiger partial charge in [0.25, 0.3) is 0 Å². The monoisotopic (exact) mass is 543 g/mol. The van der Waals surface area contributed by atoms with E-state index in [4.69, 9.17) is 4.74 Å². The van der Waals surface area contributed by atoms with Gasteiger partial charge >= 0.3 is 168 Å². The molecule has 0 aliphatic heterocycles. The number of para-hydroxylation sites is 1. The molecule has 0 atom stereocenters. The van der Waals surface area contributed by atoms with E-state index < -0.39 is 0 Å². The molecule has 23 heavy (non-hydrogen) atoms. The average molecular weight is 539 g/mol. The Morgan fingerprint density at radius 3 is 2.00 bits per heavy atom. The molecule has 0 fully saturated rings. The summed E-state index contributed by atoms with van der Waals surface area (Å²) >= 11 is 1.73. The topological polar surface area (TPSA) is 29.5 Å². The van der Waals surface area contributed by atoms with Gasteiger partial charge < -0.3 is 0 Å². The van der Waals surface area contributed by atoms with Crippen LogP contribution < -0.4 is 9.64 Å². The summed E-state index contributed by atoms with van der Waals surface area (Å²) in [6, 6.07) is 13.8. The van der Waals surface area contributed by atoms with Crippen molar-refractivity contribution in [3.8, 4) is 5.75 Å². The number of amides is 1. The molecule has 0 unspecified atom stereocenters. The van der Waals surface area contributed by atoms with Gasteiger partial charge in [0, 0.05) is 0 Å². The van der Waals surface area contributed by atoms with Gasteiger partial charge in [0.1, 0.15) is 0 Å². The van der Waals surface area contributed by atoms with Crippen LogP contribution in [0.25, 0.3) is 0 Å². The molecule has 0 saturated carbocycles. The maximum absolute atomic E-state index is 12.2. The minimum absolute atomic E-state index is 0. The van der Waals surface area contributed by atoms with E-state index in [9.17, 15) is 4.79 Å². The van der Waals surface area contributed by atoms with Crippen LogP contribution in [0.1, 0.15) is 23.6 Å². The third-order valence-electron chi connectivity index (χ3n) is 3.39. The van der Waals surface area contributed by atoms with E-state index in [2.05, 4.69) is 0 Å². The maximum atomic E-state index is 12.2. The number of ether oxygens (including phenoxy) is 1. The molecule has 3 nitrogen and oxygen atoms in total. The Labute approximate surface area is 167 Å². The zero-order valence-electron chi connectivity index (χ0n) is 13.7. The third-order valence-corrected chi connectivity index (χ3v) is 4.15. The normalized spacial score (nSPS) is 9.74. The zero-order valence-corrected chi connectivity index (χ0v) is 18.9. The first-order chi connectivity index (χ1) is 10.4. The summed E-state index contributed by atoms with van der Waals surface area (Å²) in [5.74, 6) is 0.660. The Morgan fingerprint density at radius 2 is 1.52 bits per heavy atom. The first-order valence-corrected chi connectivity index (χ1v) is 8.22. The quantitative estimate of drug-likeness (QED) is 0.560. The molecule has 2 aromatic rings. The van der Waals surface area contributed by atoms with Crippen LogP contribution in [0.4, 0.5) is 5.69 Å². The van der Waals surface area contributed by atoms with E-state index >= 15 is 0 Å². The molecule has 0 saturated heterocycles. The van der Waals surface area contributed by atoms with E-state index in [-0.39, 0.29) is 29.6 Å². The number of aryl methyl sites for hydroxylation is 3. The second kappa shape index (κ2) is 8.86. The van der Waals surface area contributed by atoms with Gasteiger partial charge in [-0.05, 0) is 0 Å². The molecule has 0 spiro atoms. The molecule has 0 aliphatic rings. The number of hydrogen-bond acceptors (Lipinski definition) is 2. The van der Waals surface area contributed by atoms with Gasteiger partial charge in [-0.2, -0.15) is 0 Å². The summed E-state index contributed by atoms with van der Waals surface area (Å²) in [7, 11) is 0. The van der Waals surface area contributed by atoms with Crippen molar-refractivity contribution in [3.63, 3.8) is 0 Å². The van der Waals surface area contributed by atoms with Crippen LogP contribution in [0.5, 0.6) is 5.75 Å². The Kier molecular flexibility index (Phi) is 7.78. The Morgan fingerprint density at radius 1 is 1.00 bits per heavy atom. The van der Waals surface area contributed by atoms with Gasteiger partial charge in [-0.1, -0.05) is 0 Å². The van der Waals surface area contributed by atoms with E-state index in [1.807, 2.05) is 63.2 Å². The molecule has 0 heterocycles. The summed E-state index contributed by atoms with van der Waals surface area (Å²) in [6.07, 6.45) is 0. The molecule has 0 radical (unpaired) electrons. The van der Waals surface area contributed by atoms with Crippen molar-refractivity contribution < 1.29 is 9.53 Å². The minimum atomic E-state index is -0.0651. The van der Waals surface area contributed by atoms with Crippen LogP contribution in [0.15, 0.2) is 42.5 Å². The van der Waals surface area contributed by atoms with E-state index in [1.54, 1.807) is 33.6 Å². The summed E-state index contributed by atoms with van der Waals surface area (Å²) in [6.45, 7) is 7.58. The van der Waals surface area contributed by atoms with Gasteiger partial charge in [-0.25, -0.2) is 0 Å². The molecule has 122 valence electrons. The fourth-order valence-corrected chi connectivity index (χ4v) is 3.19. The van der Waals surface area contributed by atoms with Gasteiger partial charge in [-0.3, -0.25) is 0 Å². The number of nitrogens with zero attached hydrogens (tertiary/aromatic N) is 1. The fourth-order valence-electron chi connectivity index (χ4n) is 2.29. The summed E-state index contributed by atoms with van der Waals surface area (Å²) in [4.78, 5) is 13.8. The van der Waals surface area contributed by atoms with Crippen LogP contribution in [-0.4, -0.2) is 55.3 Å². The van der Waals surface area contributed by atoms with Gasteiger partial charge in [0.2, 0.25) is 0 Å². The third kappa shape index (κ3) is 5.07. The van der Waals surface area contributed by atoms with Crippen molar-refractivity contribution in [2.75, 3.05) is 4.90 Å². The second-order valence-corrected chi connectivity index (χ2v) is 6.27. The molecule has 5 heteroatoms. The standard InChI is InChI=1S/C18H19NO2Te.H2Te/c1-12-8-10-16(11-9-12)21-18(22)19(15(4)20)17-13(2)6-5-7-14(17)3;/h5-11H,1-4H3;1H2. The van der Waals surface area contributed by atoms with Gasteiger partial charge in [0.05, 0.1) is 0 Å². The van der Waals surface area contributed by atoms with E-state index in [0.717, 1.165) is 22.6 Å². The van der Waals surface area contributed by atoms with E-state index in [1.165, 1.54) is 5.56 Å². The number of carbonyl (C=O) groups excluding carboxylic acids is 1. The molecule has 0 bridgehead atoms. The second-order valence-electron chi connectivity index (χ2n) is 5.28. The number of anilines is 1. The molecule has 2 aromatic carbocycles. The number of carbonyl (C=O) groups is 1. The molecule has 1 amide bonds. The predicted octanol–water partition coefficient (Wildman–Crippen LogP) is 2.38. The molecular formula is C18H21NO2Te2. The zero-order chi connectivity index (χ0) is 16.3. The van der Waals surface area contributed by atoms with Crippen LogP contribution in [-0.2, 0) is 4.79 Å². The molecule has 0 aliphatic carbocycles. The summed E-state index contributed by atoms with van der Waals surface area (Å²) in [5, 5.41) is 0. The average Bonchev–Trinajstić information content (AvgIpc) is 2.45. The van der Waals surface area contributed by atoms with Crippen LogP contribution in [0.3, 0.4) is 0 Å². The van der Waals surface area contributed by atoms with Gasteiger partial charge in [-0.15, -0.1) is 0 Å². The number of rotatable bonds is 4. The SMILES string of the molecule is CC(=O)N(C(=[Te])Oc1ccc(C)cc1)c1c(C)cccc1C.[TeH2].